The topological polar surface area (TPSA) is 108 Å². The number of anilines is 1. The molecule has 46 heavy (non-hydrogen) atoms. The van der Waals surface area contributed by atoms with Crippen LogP contribution in [0.25, 0.3) is 32.9 Å². The molecule has 0 aliphatic carbocycles. The second-order valence-electron chi connectivity index (χ2n) is 12.8. The summed E-state index contributed by atoms with van der Waals surface area (Å²) in [4.78, 5) is 32.3. The Kier molecular flexibility index (Phi) is 8.56. The molecular weight excluding hydrogens is 616 g/mol. The molecule has 10 nitrogen and oxygen atoms in total. The van der Waals surface area contributed by atoms with Crippen LogP contribution in [0, 0.1) is 28.9 Å². The van der Waals surface area contributed by atoms with Crippen molar-refractivity contribution in [1.29, 1.82) is 5.26 Å². The van der Waals surface area contributed by atoms with Gasteiger partial charge in [-0.3, -0.25) is 4.98 Å². The maximum absolute atomic E-state index is 16.6. The number of hydrogen-bond acceptors (Lipinski definition) is 9. The molecule has 4 heterocycles. The standard InChI is InChI=1S/C33H34ClF2N7O3/c1-33(2,3)46-32(44)43-13-12-42(17-21(43)10-11-37)30-23-14-38-28(22-7-5-6-20-8-9-24(35)26(34)25(20)22)27(36)29(23)39-31(40-30)45-18-19-15-41(4)16-19/h5-9,14,19,21H,10,12-13,15-18H2,1-4H3/t21-/m0/s1. The van der Waals surface area contributed by atoms with Crippen LogP contribution in [0.5, 0.6) is 6.01 Å². The molecule has 6 rings (SSSR count). The quantitative estimate of drug-likeness (QED) is 0.246. The number of halogens is 3. The Morgan fingerprint density at radius 1 is 1.13 bits per heavy atom. The molecule has 2 aliphatic rings. The molecule has 0 radical (unpaired) electrons. The molecule has 0 bridgehead atoms. The van der Waals surface area contributed by atoms with Crippen molar-refractivity contribution in [2.45, 2.75) is 38.8 Å². The van der Waals surface area contributed by atoms with Crippen molar-refractivity contribution in [3.8, 4) is 23.3 Å². The van der Waals surface area contributed by atoms with Crippen LogP contribution in [0.15, 0.2) is 36.5 Å². The first-order valence-electron chi connectivity index (χ1n) is 15.1. The number of carbonyl (C=O) groups excluding carboxylic acids is 1. The Hall–Kier alpha value is -4.34. The van der Waals surface area contributed by atoms with Gasteiger partial charge in [0, 0.05) is 55.8 Å². The van der Waals surface area contributed by atoms with E-state index in [1.807, 2.05) is 11.9 Å². The minimum atomic E-state index is -0.733. The summed E-state index contributed by atoms with van der Waals surface area (Å²) in [6.07, 6.45) is 1.04. The number of aromatic nitrogens is 3. The van der Waals surface area contributed by atoms with Gasteiger partial charge in [-0.2, -0.15) is 15.2 Å². The highest BCUT2D eigenvalue weighted by Crippen LogP contribution is 2.38. The second kappa shape index (κ2) is 12.5. The Balaban J connectivity index is 1.42. The normalized spacial score (nSPS) is 17.7. The van der Waals surface area contributed by atoms with Crippen LogP contribution < -0.4 is 9.64 Å². The van der Waals surface area contributed by atoms with Gasteiger partial charge >= 0.3 is 12.1 Å². The zero-order chi connectivity index (χ0) is 32.7. The lowest BCUT2D eigenvalue weighted by molar-refractivity contribution is 0.0145. The number of hydrogen-bond donors (Lipinski definition) is 0. The highest BCUT2D eigenvalue weighted by molar-refractivity contribution is 6.36. The number of nitriles is 1. The number of likely N-dealkylation sites (tertiary alicyclic amines) is 1. The van der Waals surface area contributed by atoms with E-state index >= 15 is 4.39 Å². The summed E-state index contributed by atoms with van der Waals surface area (Å²) in [5, 5.41) is 10.8. The van der Waals surface area contributed by atoms with E-state index in [1.54, 1.807) is 49.9 Å². The van der Waals surface area contributed by atoms with E-state index in [4.69, 9.17) is 26.1 Å². The molecule has 0 N–H and O–H groups in total. The monoisotopic (exact) mass is 649 g/mol. The van der Waals surface area contributed by atoms with Crippen molar-refractivity contribution in [1.82, 2.24) is 24.8 Å². The van der Waals surface area contributed by atoms with Crippen molar-refractivity contribution in [2.24, 2.45) is 5.92 Å². The van der Waals surface area contributed by atoms with Gasteiger partial charge in [-0.15, -0.1) is 0 Å². The number of carbonyl (C=O) groups is 1. The van der Waals surface area contributed by atoms with Gasteiger partial charge in [-0.1, -0.05) is 35.9 Å². The van der Waals surface area contributed by atoms with Gasteiger partial charge in [-0.05, 0) is 39.3 Å². The molecule has 0 spiro atoms. The molecule has 2 fully saturated rings. The summed E-state index contributed by atoms with van der Waals surface area (Å²) >= 11 is 6.37. The van der Waals surface area contributed by atoms with Crippen LogP contribution in [0.4, 0.5) is 19.4 Å². The van der Waals surface area contributed by atoms with E-state index in [9.17, 15) is 14.4 Å². The number of nitrogens with zero attached hydrogens (tertiary/aromatic N) is 7. The lowest BCUT2D eigenvalue weighted by Crippen LogP contribution is -2.56. The lowest BCUT2D eigenvalue weighted by Gasteiger charge is -2.41. The van der Waals surface area contributed by atoms with Crippen LogP contribution in [-0.2, 0) is 4.74 Å². The van der Waals surface area contributed by atoms with Gasteiger partial charge in [-0.25, -0.2) is 13.6 Å². The molecule has 2 saturated heterocycles. The van der Waals surface area contributed by atoms with Crippen molar-refractivity contribution in [2.75, 3.05) is 51.3 Å². The Morgan fingerprint density at radius 2 is 1.91 bits per heavy atom. The molecule has 0 unspecified atom stereocenters. The van der Waals surface area contributed by atoms with Gasteiger partial charge in [0.05, 0.1) is 35.5 Å². The highest BCUT2D eigenvalue weighted by Gasteiger charge is 2.35. The Labute approximate surface area is 270 Å². The first kappa shape index (κ1) is 31.6. The predicted molar refractivity (Wildman–Crippen MR) is 171 cm³/mol. The van der Waals surface area contributed by atoms with Crippen LogP contribution in [0.1, 0.15) is 27.2 Å². The Bertz CT molecular complexity index is 1860. The fourth-order valence-electron chi connectivity index (χ4n) is 6.04. The predicted octanol–water partition coefficient (Wildman–Crippen LogP) is 6.06. The molecule has 2 aromatic carbocycles. The number of rotatable bonds is 6. The van der Waals surface area contributed by atoms with Gasteiger partial charge < -0.3 is 24.2 Å². The molecule has 4 aromatic rings. The maximum Gasteiger partial charge on any atom is 0.410 e. The minimum Gasteiger partial charge on any atom is -0.463 e. The maximum atomic E-state index is 16.6. The van der Waals surface area contributed by atoms with E-state index in [-0.39, 0.29) is 47.7 Å². The van der Waals surface area contributed by atoms with Crippen molar-refractivity contribution in [3.63, 3.8) is 0 Å². The third-order valence-corrected chi connectivity index (χ3v) is 8.53. The molecule has 13 heteroatoms. The van der Waals surface area contributed by atoms with Crippen LogP contribution in [0.2, 0.25) is 5.02 Å². The van der Waals surface area contributed by atoms with Crippen LogP contribution in [-0.4, -0.2) is 88.9 Å². The van der Waals surface area contributed by atoms with Gasteiger partial charge in [0.15, 0.2) is 5.82 Å². The summed E-state index contributed by atoms with van der Waals surface area (Å²) in [5.41, 5.74) is -0.441. The van der Waals surface area contributed by atoms with E-state index in [0.717, 1.165) is 13.1 Å². The third-order valence-electron chi connectivity index (χ3n) is 8.16. The van der Waals surface area contributed by atoms with Crippen LogP contribution >= 0.6 is 11.6 Å². The number of fused-ring (bicyclic) bond motifs is 2. The van der Waals surface area contributed by atoms with Crippen molar-refractivity contribution in [3.05, 3.63) is 53.2 Å². The van der Waals surface area contributed by atoms with Gasteiger partial charge in [0.1, 0.15) is 28.4 Å². The first-order chi connectivity index (χ1) is 21.9. The number of amides is 1. The molecule has 1 amide bonds. The molecule has 240 valence electrons. The van der Waals surface area contributed by atoms with Crippen molar-refractivity contribution >= 4 is 45.2 Å². The fraction of sp³-hybridized carbons (Fsp3) is 0.424. The van der Waals surface area contributed by atoms with E-state index < -0.39 is 29.4 Å². The van der Waals surface area contributed by atoms with Gasteiger partial charge in [0.25, 0.3) is 0 Å². The summed E-state index contributed by atoms with van der Waals surface area (Å²) in [6, 6.07) is 9.65. The molecule has 0 saturated carbocycles. The van der Waals surface area contributed by atoms with Crippen LogP contribution in [0.3, 0.4) is 0 Å². The molecule has 1 atom stereocenters. The number of ether oxygens (including phenoxy) is 2. The molecule has 2 aromatic heterocycles. The summed E-state index contributed by atoms with van der Waals surface area (Å²) < 4.78 is 42.7. The zero-order valence-electron chi connectivity index (χ0n) is 26.1. The summed E-state index contributed by atoms with van der Waals surface area (Å²) in [5.74, 6) is -0.696. The first-order valence-corrected chi connectivity index (χ1v) is 15.5. The lowest BCUT2D eigenvalue weighted by atomic mass is 10.0. The van der Waals surface area contributed by atoms with Crippen molar-refractivity contribution < 1.29 is 23.0 Å². The third kappa shape index (κ3) is 6.22. The SMILES string of the molecule is CN1CC(COc2nc(N3CCN(C(=O)OC(C)(C)C)[C@@H](CC#N)C3)c3cnc(-c4cccc5ccc(F)c(Cl)c45)c(F)c3n2)C1. The average Bonchev–Trinajstić information content (AvgIpc) is 2.99. The number of piperazine rings is 1. The highest BCUT2D eigenvalue weighted by atomic mass is 35.5. The minimum absolute atomic E-state index is 0.00139. The largest absolute Gasteiger partial charge is 0.463 e. The van der Waals surface area contributed by atoms with E-state index in [2.05, 4.69) is 20.9 Å². The number of pyridine rings is 1. The van der Waals surface area contributed by atoms with E-state index in [0.29, 0.717) is 40.7 Å². The van der Waals surface area contributed by atoms with E-state index in [1.165, 1.54) is 12.3 Å². The Morgan fingerprint density at radius 3 is 2.63 bits per heavy atom. The smallest absolute Gasteiger partial charge is 0.410 e. The zero-order valence-corrected chi connectivity index (χ0v) is 26.8. The average molecular weight is 650 g/mol. The number of benzene rings is 2. The summed E-state index contributed by atoms with van der Waals surface area (Å²) in [6.45, 7) is 8.28. The molecular formula is C33H34ClF2N7O3. The summed E-state index contributed by atoms with van der Waals surface area (Å²) in [7, 11) is 2.02. The second-order valence-corrected chi connectivity index (χ2v) is 13.2. The van der Waals surface area contributed by atoms with Gasteiger partial charge in [0.2, 0.25) is 0 Å². The molecule has 2 aliphatic heterocycles. The fourth-order valence-corrected chi connectivity index (χ4v) is 6.31.